The van der Waals surface area contributed by atoms with Crippen molar-refractivity contribution >= 4 is 16.6 Å². The molecule has 128 valence electrons. The number of hydrogen-bond acceptors (Lipinski definition) is 2. The van der Waals surface area contributed by atoms with Crippen LogP contribution in [0.15, 0.2) is 72.9 Å². The van der Waals surface area contributed by atoms with E-state index in [1.165, 1.54) is 27.6 Å². The summed E-state index contributed by atoms with van der Waals surface area (Å²) in [6.07, 6.45) is 1.97. The van der Waals surface area contributed by atoms with Crippen molar-refractivity contribution in [3.05, 3.63) is 95.2 Å². The number of rotatable bonds is 2. The molecule has 4 aromatic rings. The van der Waals surface area contributed by atoms with Crippen molar-refractivity contribution in [1.82, 2.24) is 4.98 Å². The fourth-order valence-electron chi connectivity index (χ4n) is 3.76. The summed E-state index contributed by atoms with van der Waals surface area (Å²) in [6.45, 7) is 2.72. The highest BCUT2D eigenvalue weighted by Gasteiger charge is 2.24. The van der Waals surface area contributed by atoms with E-state index >= 15 is 0 Å². The number of H-pyrrole nitrogens is 1. The highest BCUT2D eigenvalue weighted by atomic mass is 16.5. The second-order valence-corrected chi connectivity index (χ2v) is 6.89. The van der Waals surface area contributed by atoms with E-state index in [1.807, 2.05) is 6.20 Å². The number of nitrogens with one attached hydrogen (secondary N) is 2. The number of fused-ring (bicyclic) bond motifs is 3. The molecule has 0 bridgehead atoms. The Morgan fingerprint density at radius 2 is 1.88 bits per heavy atom. The van der Waals surface area contributed by atoms with E-state index < -0.39 is 0 Å². The lowest BCUT2D eigenvalue weighted by Crippen LogP contribution is -2.13. The maximum Gasteiger partial charge on any atom is 0.125 e. The molecule has 1 aromatic heterocycles. The highest BCUT2D eigenvalue weighted by Crippen LogP contribution is 2.38. The average molecular weight is 340 g/mol. The molecule has 2 heterocycles. The summed E-state index contributed by atoms with van der Waals surface area (Å²) >= 11 is 0. The van der Waals surface area contributed by atoms with Gasteiger partial charge in [0.25, 0.3) is 0 Å². The molecule has 1 aliphatic rings. The van der Waals surface area contributed by atoms with Gasteiger partial charge in [0, 0.05) is 28.4 Å². The van der Waals surface area contributed by atoms with Crippen molar-refractivity contribution in [3.63, 3.8) is 0 Å². The summed E-state index contributed by atoms with van der Waals surface area (Å²) < 4.78 is 6.11. The van der Waals surface area contributed by atoms with Crippen molar-refractivity contribution in [2.24, 2.45) is 0 Å². The third-order valence-corrected chi connectivity index (χ3v) is 5.09. The van der Waals surface area contributed by atoms with Crippen molar-refractivity contribution in [2.45, 2.75) is 19.6 Å². The first-order chi connectivity index (χ1) is 12.8. The lowest BCUT2D eigenvalue weighted by molar-refractivity contribution is 0.307. The lowest BCUT2D eigenvalue weighted by Gasteiger charge is -2.22. The zero-order chi connectivity index (χ0) is 17.5. The Labute approximate surface area is 152 Å². The standard InChI is InChI=1S/C23H20N2O/c1-15-6-9-22-20(12-15)23(19-5-3-2-4-17(19)14-26-22)25-18-7-8-21-16(13-18)10-11-24-21/h2-13,23-25H,14H2,1H3. The number of ether oxygens (including phenoxy) is 1. The molecule has 1 aliphatic heterocycles. The zero-order valence-electron chi connectivity index (χ0n) is 14.6. The van der Waals surface area contributed by atoms with Gasteiger partial charge in [-0.1, -0.05) is 35.9 Å². The Hall–Kier alpha value is -3.20. The minimum absolute atomic E-state index is 0.0555. The van der Waals surface area contributed by atoms with Crippen LogP contribution in [0.3, 0.4) is 0 Å². The van der Waals surface area contributed by atoms with Crippen LogP contribution in [-0.2, 0) is 6.61 Å². The van der Waals surface area contributed by atoms with Gasteiger partial charge in [0.2, 0.25) is 0 Å². The number of hydrogen-bond donors (Lipinski definition) is 2. The lowest BCUT2D eigenvalue weighted by atomic mass is 9.93. The van der Waals surface area contributed by atoms with E-state index in [2.05, 4.69) is 84.0 Å². The minimum Gasteiger partial charge on any atom is -0.489 e. The van der Waals surface area contributed by atoms with Crippen LogP contribution in [0.5, 0.6) is 5.75 Å². The van der Waals surface area contributed by atoms with Gasteiger partial charge in [-0.15, -0.1) is 0 Å². The number of aromatic amines is 1. The van der Waals surface area contributed by atoms with E-state index in [4.69, 9.17) is 4.74 Å². The van der Waals surface area contributed by atoms with Gasteiger partial charge >= 0.3 is 0 Å². The van der Waals surface area contributed by atoms with E-state index in [9.17, 15) is 0 Å². The molecule has 1 atom stereocenters. The van der Waals surface area contributed by atoms with Crippen molar-refractivity contribution in [2.75, 3.05) is 5.32 Å². The maximum absolute atomic E-state index is 6.11. The first kappa shape index (κ1) is 15.1. The van der Waals surface area contributed by atoms with E-state index in [0.29, 0.717) is 6.61 Å². The molecular weight excluding hydrogens is 320 g/mol. The number of aromatic nitrogens is 1. The minimum atomic E-state index is 0.0555. The predicted molar refractivity (Wildman–Crippen MR) is 106 cm³/mol. The van der Waals surface area contributed by atoms with Crippen LogP contribution in [0.1, 0.15) is 28.3 Å². The monoisotopic (exact) mass is 340 g/mol. The summed E-state index contributed by atoms with van der Waals surface area (Å²) in [7, 11) is 0. The van der Waals surface area contributed by atoms with Gasteiger partial charge in [0.15, 0.2) is 0 Å². The first-order valence-electron chi connectivity index (χ1n) is 8.93. The normalized spacial score (nSPS) is 15.7. The summed E-state index contributed by atoms with van der Waals surface area (Å²) in [6, 6.07) is 23.5. The van der Waals surface area contributed by atoms with Gasteiger partial charge < -0.3 is 15.0 Å². The molecule has 1 unspecified atom stereocenters. The molecule has 0 saturated carbocycles. The third kappa shape index (κ3) is 2.53. The van der Waals surface area contributed by atoms with Crippen LogP contribution in [0.4, 0.5) is 5.69 Å². The molecule has 3 heteroatoms. The second-order valence-electron chi connectivity index (χ2n) is 6.89. The molecule has 0 fully saturated rings. The van der Waals surface area contributed by atoms with Gasteiger partial charge in [-0.25, -0.2) is 0 Å². The summed E-state index contributed by atoms with van der Waals surface area (Å²) in [4.78, 5) is 3.25. The van der Waals surface area contributed by atoms with Crippen LogP contribution in [-0.4, -0.2) is 4.98 Å². The summed E-state index contributed by atoms with van der Waals surface area (Å²) in [5.74, 6) is 0.951. The molecule has 0 amide bonds. The smallest absolute Gasteiger partial charge is 0.125 e. The summed E-state index contributed by atoms with van der Waals surface area (Å²) in [5.41, 5.74) is 7.17. The Bertz CT molecular complexity index is 1100. The molecular formula is C23H20N2O. The fraction of sp³-hybridized carbons (Fsp3) is 0.130. The molecule has 2 N–H and O–H groups in total. The van der Waals surface area contributed by atoms with Crippen molar-refractivity contribution in [1.29, 1.82) is 0 Å². The summed E-state index contributed by atoms with van der Waals surface area (Å²) in [5, 5.41) is 4.95. The van der Waals surface area contributed by atoms with Crippen molar-refractivity contribution in [3.8, 4) is 5.75 Å². The number of anilines is 1. The van der Waals surface area contributed by atoms with Gasteiger partial charge in [-0.3, -0.25) is 0 Å². The van der Waals surface area contributed by atoms with E-state index in [0.717, 1.165) is 17.0 Å². The highest BCUT2D eigenvalue weighted by molar-refractivity contribution is 5.83. The second kappa shape index (κ2) is 5.95. The molecule has 5 rings (SSSR count). The van der Waals surface area contributed by atoms with Gasteiger partial charge in [-0.2, -0.15) is 0 Å². The largest absolute Gasteiger partial charge is 0.489 e. The molecule has 0 saturated heterocycles. The zero-order valence-corrected chi connectivity index (χ0v) is 14.6. The van der Waals surface area contributed by atoms with Crippen LogP contribution in [0.2, 0.25) is 0 Å². The topological polar surface area (TPSA) is 37.0 Å². The Morgan fingerprint density at radius 3 is 2.85 bits per heavy atom. The van der Waals surface area contributed by atoms with Crippen LogP contribution in [0, 0.1) is 6.92 Å². The van der Waals surface area contributed by atoms with Crippen molar-refractivity contribution < 1.29 is 4.74 Å². The first-order valence-corrected chi connectivity index (χ1v) is 8.93. The Morgan fingerprint density at radius 1 is 0.962 bits per heavy atom. The Balaban J connectivity index is 1.64. The maximum atomic E-state index is 6.11. The third-order valence-electron chi connectivity index (χ3n) is 5.09. The van der Waals surface area contributed by atoms with Gasteiger partial charge in [0.1, 0.15) is 12.4 Å². The molecule has 0 aliphatic carbocycles. The molecule has 26 heavy (non-hydrogen) atoms. The van der Waals surface area contributed by atoms with E-state index in [1.54, 1.807) is 0 Å². The molecule has 3 aromatic carbocycles. The molecule has 0 spiro atoms. The van der Waals surface area contributed by atoms with E-state index in [-0.39, 0.29) is 6.04 Å². The molecule has 0 radical (unpaired) electrons. The van der Waals surface area contributed by atoms with Crippen LogP contribution >= 0.6 is 0 Å². The Kier molecular flexibility index (Phi) is 3.45. The van der Waals surface area contributed by atoms with Gasteiger partial charge in [0.05, 0.1) is 6.04 Å². The average Bonchev–Trinajstić information content (AvgIpc) is 3.07. The molecule has 3 nitrogen and oxygen atoms in total. The number of aryl methyl sites for hydroxylation is 1. The number of benzene rings is 3. The van der Waals surface area contributed by atoms with Crippen LogP contribution < -0.4 is 10.1 Å². The fourth-order valence-corrected chi connectivity index (χ4v) is 3.76. The van der Waals surface area contributed by atoms with Gasteiger partial charge in [-0.05, 0) is 54.4 Å². The predicted octanol–water partition coefficient (Wildman–Crippen LogP) is 5.57. The van der Waals surface area contributed by atoms with Crippen LogP contribution in [0.25, 0.3) is 10.9 Å². The quantitative estimate of drug-likeness (QED) is 0.500. The SMILES string of the molecule is Cc1ccc2c(c1)C(Nc1ccc3[nH]ccc3c1)c1ccccc1CO2.